The fraction of sp³-hybridized carbons (Fsp3) is 0.250. The fourth-order valence-electron chi connectivity index (χ4n) is 1.12. The molecular formula is C8H8Cl2O4S. The van der Waals surface area contributed by atoms with Crippen molar-refractivity contribution in [2.75, 3.05) is 0 Å². The maximum atomic E-state index is 10.8. The molecule has 0 bridgehead atoms. The lowest BCUT2D eigenvalue weighted by Gasteiger charge is -2.08. The summed E-state index contributed by atoms with van der Waals surface area (Å²) in [5.41, 5.74) is 0.429. The lowest BCUT2D eigenvalue weighted by atomic mass is 10.1. The second-order valence-corrected chi connectivity index (χ2v) is 6.20. The van der Waals surface area contributed by atoms with Crippen LogP contribution in [0, 0.1) is 6.92 Å². The standard InChI is InChI=1S/C8H8Cl2O4S/c1-4-2-5(3-15(10,13)14)8(12)6(9)7(4)11/h2,11-12H,3H2,1H3. The molecule has 15 heavy (non-hydrogen) atoms. The van der Waals surface area contributed by atoms with E-state index in [1.165, 1.54) is 13.0 Å². The molecule has 0 saturated heterocycles. The first-order valence-electron chi connectivity index (χ1n) is 3.84. The maximum Gasteiger partial charge on any atom is 0.236 e. The van der Waals surface area contributed by atoms with Crippen LogP contribution in [0.15, 0.2) is 6.07 Å². The van der Waals surface area contributed by atoms with E-state index >= 15 is 0 Å². The molecule has 1 aromatic carbocycles. The summed E-state index contributed by atoms with van der Waals surface area (Å²) < 4.78 is 21.6. The minimum absolute atomic E-state index is 0.0605. The molecule has 1 rings (SSSR count). The minimum atomic E-state index is -3.77. The van der Waals surface area contributed by atoms with Gasteiger partial charge in [0.2, 0.25) is 9.05 Å². The zero-order valence-electron chi connectivity index (χ0n) is 7.66. The van der Waals surface area contributed by atoms with Crippen LogP contribution in [0.1, 0.15) is 11.1 Å². The Kier molecular flexibility index (Phi) is 3.38. The molecule has 0 aliphatic rings. The highest BCUT2D eigenvalue weighted by Crippen LogP contribution is 2.38. The third-order valence-corrected chi connectivity index (χ3v) is 3.15. The molecule has 0 aliphatic heterocycles. The van der Waals surface area contributed by atoms with E-state index < -0.39 is 20.6 Å². The largest absolute Gasteiger partial charge is 0.506 e. The van der Waals surface area contributed by atoms with Crippen LogP contribution in [-0.2, 0) is 14.8 Å². The highest BCUT2D eigenvalue weighted by molar-refractivity contribution is 8.13. The Labute approximate surface area is 96.5 Å². The Bertz CT molecular complexity index is 496. The summed E-state index contributed by atoms with van der Waals surface area (Å²) in [7, 11) is 1.27. The van der Waals surface area contributed by atoms with Crippen molar-refractivity contribution >= 4 is 31.3 Å². The number of rotatable bonds is 2. The van der Waals surface area contributed by atoms with Gasteiger partial charge in [0.1, 0.15) is 16.5 Å². The molecule has 0 unspecified atom stereocenters. The van der Waals surface area contributed by atoms with Crippen LogP contribution < -0.4 is 0 Å². The molecule has 7 heteroatoms. The average molecular weight is 271 g/mol. The number of hydrogen-bond acceptors (Lipinski definition) is 4. The summed E-state index contributed by atoms with van der Waals surface area (Å²) in [6.45, 7) is 1.53. The normalized spacial score (nSPS) is 11.7. The molecule has 0 heterocycles. The zero-order chi connectivity index (χ0) is 11.8. The molecule has 4 nitrogen and oxygen atoms in total. The van der Waals surface area contributed by atoms with Gasteiger partial charge < -0.3 is 10.2 Å². The van der Waals surface area contributed by atoms with Crippen LogP contribution in [0.25, 0.3) is 0 Å². The van der Waals surface area contributed by atoms with Gasteiger partial charge in [-0.05, 0) is 18.6 Å². The summed E-state index contributed by atoms with van der Waals surface area (Å²) in [6, 6.07) is 1.32. The zero-order valence-corrected chi connectivity index (χ0v) is 9.99. The quantitative estimate of drug-likeness (QED) is 0.808. The first-order chi connectivity index (χ1) is 6.72. The number of phenolic OH excluding ortho intramolecular Hbond substituents is 2. The molecule has 0 spiro atoms. The Morgan fingerprint density at radius 3 is 2.33 bits per heavy atom. The summed E-state index contributed by atoms with van der Waals surface area (Å²) >= 11 is 5.58. The third kappa shape index (κ3) is 2.90. The second kappa shape index (κ2) is 4.08. The van der Waals surface area contributed by atoms with Crippen molar-refractivity contribution in [2.24, 2.45) is 0 Å². The van der Waals surface area contributed by atoms with Gasteiger partial charge in [-0.3, -0.25) is 0 Å². The monoisotopic (exact) mass is 270 g/mol. The molecule has 2 N–H and O–H groups in total. The lowest BCUT2D eigenvalue weighted by Crippen LogP contribution is -1.96. The highest BCUT2D eigenvalue weighted by atomic mass is 35.7. The van der Waals surface area contributed by atoms with Crippen LogP contribution >= 0.6 is 22.3 Å². The summed E-state index contributed by atoms with van der Waals surface area (Å²) in [6.07, 6.45) is 0. The number of aromatic hydroxyl groups is 2. The molecule has 0 aromatic heterocycles. The topological polar surface area (TPSA) is 74.6 Å². The van der Waals surface area contributed by atoms with Crippen LogP contribution in [0.4, 0.5) is 0 Å². The SMILES string of the molecule is Cc1cc(CS(=O)(=O)Cl)c(O)c(Cl)c1O. The summed E-state index contributed by atoms with van der Waals surface area (Å²) in [4.78, 5) is 0. The predicted octanol–water partition coefficient (Wildman–Crippen LogP) is 2.13. The highest BCUT2D eigenvalue weighted by Gasteiger charge is 2.17. The number of phenols is 2. The molecule has 84 valence electrons. The Hall–Kier alpha value is -0.650. The molecule has 0 saturated carbocycles. The number of aryl methyl sites for hydroxylation is 1. The van der Waals surface area contributed by atoms with Crippen LogP contribution in [0.2, 0.25) is 5.02 Å². The van der Waals surface area contributed by atoms with Gasteiger partial charge in [0.05, 0.1) is 5.75 Å². The molecule has 0 atom stereocenters. The van der Waals surface area contributed by atoms with Gasteiger partial charge in [0.15, 0.2) is 0 Å². The van der Waals surface area contributed by atoms with Crippen molar-refractivity contribution in [1.82, 2.24) is 0 Å². The van der Waals surface area contributed by atoms with Gasteiger partial charge >= 0.3 is 0 Å². The van der Waals surface area contributed by atoms with Crippen LogP contribution in [0.3, 0.4) is 0 Å². The van der Waals surface area contributed by atoms with Crippen molar-refractivity contribution in [3.05, 3.63) is 22.2 Å². The second-order valence-electron chi connectivity index (χ2n) is 3.05. The smallest absolute Gasteiger partial charge is 0.236 e. The van der Waals surface area contributed by atoms with E-state index in [0.717, 1.165) is 0 Å². The van der Waals surface area contributed by atoms with Gasteiger partial charge in [-0.1, -0.05) is 11.6 Å². The Balaban J connectivity index is 3.33. The molecule has 0 amide bonds. The average Bonchev–Trinajstić information content (AvgIpc) is 2.08. The number of hydrogen-bond donors (Lipinski definition) is 2. The molecule has 0 aliphatic carbocycles. The van der Waals surface area contributed by atoms with E-state index in [9.17, 15) is 18.6 Å². The van der Waals surface area contributed by atoms with Crippen LogP contribution in [0.5, 0.6) is 11.5 Å². The number of halogens is 2. The van der Waals surface area contributed by atoms with Gasteiger partial charge in [-0.15, -0.1) is 0 Å². The molecular weight excluding hydrogens is 263 g/mol. The molecule has 0 fully saturated rings. The van der Waals surface area contributed by atoms with Gasteiger partial charge in [-0.2, -0.15) is 0 Å². The first kappa shape index (κ1) is 12.4. The number of benzene rings is 1. The Morgan fingerprint density at radius 2 is 1.87 bits per heavy atom. The molecule has 1 aromatic rings. The van der Waals surface area contributed by atoms with E-state index in [-0.39, 0.29) is 16.3 Å². The fourth-order valence-corrected chi connectivity index (χ4v) is 2.33. The maximum absolute atomic E-state index is 10.8. The first-order valence-corrected chi connectivity index (χ1v) is 6.70. The minimum Gasteiger partial charge on any atom is -0.506 e. The third-order valence-electron chi connectivity index (χ3n) is 1.81. The van der Waals surface area contributed by atoms with Crippen molar-refractivity contribution in [1.29, 1.82) is 0 Å². The van der Waals surface area contributed by atoms with Crippen LogP contribution in [-0.4, -0.2) is 18.6 Å². The molecule has 0 radical (unpaired) electrons. The predicted molar refractivity (Wildman–Crippen MR) is 58.0 cm³/mol. The van der Waals surface area contributed by atoms with E-state index in [1.54, 1.807) is 0 Å². The Morgan fingerprint density at radius 1 is 1.33 bits per heavy atom. The van der Waals surface area contributed by atoms with Gasteiger partial charge in [0.25, 0.3) is 0 Å². The summed E-state index contributed by atoms with van der Waals surface area (Å²) in [5.74, 6) is -1.28. The van der Waals surface area contributed by atoms with E-state index in [1.807, 2.05) is 0 Å². The van der Waals surface area contributed by atoms with Gasteiger partial charge in [-0.25, -0.2) is 8.42 Å². The van der Waals surface area contributed by atoms with Gasteiger partial charge in [0, 0.05) is 16.2 Å². The van der Waals surface area contributed by atoms with Crippen molar-refractivity contribution in [3.8, 4) is 11.5 Å². The summed E-state index contributed by atoms with van der Waals surface area (Å²) in [5, 5.41) is 18.5. The van der Waals surface area contributed by atoms with E-state index in [2.05, 4.69) is 0 Å². The van der Waals surface area contributed by atoms with Crippen molar-refractivity contribution in [3.63, 3.8) is 0 Å². The van der Waals surface area contributed by atoms with E-state index in [0.29, 0.717) is 5.56 Å². The van der Waals surface area contributed by atoms with Crippen molar-refractivity contribution < 1.29 is 18.6 Å². The van der Waals surface area contributed by atoms with Crippen molar-refractivity contribution in [2.45, 2.75) is 12.7 Å². The lowest BCUT2D eigenvalue weighted by molar-refractivity contribution is 0.445. The van der Waals surface area contributed by atoms with E-state index in [4.69, 9.17) is 22.3 Å².